The van der Waals surface area contributed by atoms with E-state index < -0.39 is 0 Å². The molecule has 0 spiro atoms. The Morgan fingerprint density at radius 3 is 2.57 bits per heavy atom. The summed E-state index contributed by atoms with van der Waals surface area (Å²) in [5.74, 6) is 0.00315. The van der Waals surface area contributed by atoms with Crippen molar-refractivity contribution < 1.29 is 4.79 Å². The quantitative estimate of drug-likeness (QED) is 0.876. The third kappa shape index (κ3) is 4.21. The van der Waals surface area contributed by atoms with Crippen molar-refractivity contribution in [1.82, 2.24) is 10.2 Å². The van der Waals surface area contributed by atoms with E-state index in [-0.39, 0.29) is 5.91 Å². The van der Waals surface area contributed by atoms with Gasteiger partial charge in [-0.2, -0.15) is 0 Å². The van der Waals surface area contributed by atoms with Gasteiger partial charge < -0.3 is 15.5 Å². The second-order valence-corrected chi connectivity index (χ2v) is 5.74. The third-order valence-corrected chi connectivity index (χ3v) is 4.22. The highest BCUT2D eigenvalue weighted by Crippen LogP contribution is 2.21. The summed E-state index contributed by atoms with van der Waals surface area (Å²) in [6, 6.07) is 6.45. The Bertz CT molecular complexity index is 479. The molecule has 1 heterocycles. The normalized spacial score (nSPS) is 16.7. The first-order valence-corrected chi connectivity index (χ1v) is 8.01. The molecule has 4 heteroatoms. The molecule has 1 aliphatic rings. The highest BCUT2D eigenvalue weighted by Gasteiger charge is 2.18. The Labute approximate surface area is 127 Å². The van der Waals surface area contributed by atoms with E-state index in [4.69, 9.17) is 0 Å². The van der Waals surface area contributed by atoms with Crippen LogP contribution in [0.5, 0.6) is 0 Å². The molecule has 116 valence electrons. The lowest BCUT2D eigenvalue weighted by Crippen LogP contribution is -2.38. The number of benzene rings is 1. The number of anilines is 1. The van der Waals surface area contributed by atoms with Gasteiger partial charge in [0.15, 0.2) is 0 Å². The summed E-state index contributed by atoms with van der Waals surface area (Å²) >= 11 is 0. The van der Waals surface area contributed by atoms with Gasteiger partial charge in [-0.05, 0) is 57.0 Å². The molecule has 0 aromatic heterocycles. The van der Waals surface area contributed by atoms with Gasteiger partial charge in [0, 0.05) is 36.9 Å². The highest BCUT2D eigenvalue weighted by molar-refractivity contribution is 5.94. The van der Waals surface area contributed by atoms with Crippen LogP contribution in [0.2, 0.25) is 0 Å². The summed E-state index contributed by atoms with van der Waals surface area (Å²) in [6.45, 7) is 10.4. The Morgan fingerprint density at radius 2 is 2.00 bits per heavy atom. The zero-order valence-electron chi connectivity index (χ0n) is 13.4. The van der Waals surface area contributed by atoms with Gasteiger partial charge in [0.1, 0.15) is 0 Å². The fraction of sp³-hybridized carbons (Fsp3) is 0.588. The predicted octanol–water partition coefficient (Wildman–Crippen LogP) is 2.64. The molecule has 0 bridgehead atoms. The van der Waals surface area contributed by atoms with Gasteiger partial charge in [-0.25, -0.2) is 0 Å². The molecule has 21 heavy (non-hydrogen) atoms. The molecule has 1 aromatic carbocycles. The lowest BCUT2D eigenvalue weighted by Gasteiger charge is -2.32. The third-order valence-electron chi connectivity index (χ3n) is 4.22. The lowest BCUT2D eigenvalue weighted by molar-refractivity contribution is 0.0956. The first kappa shape index (κ1) is 15.8. The van der Waals surface area contributed by atoms with E-state index in [2.05, 4.69) is 29.4 Å². The van der Waals surface area contributed by atoms with Gasteiger partial charge in [-0.1, -0.05) is 6.92 Å². The van der Waals surface area contributed by atoms with Crippen LogP contribution in [-0.2, 0) is 0 Å². The molecule has 0 saturated carbocycles. The Kier molecular flexibility index (Phi) is 5.62. The molecule has 0 aliphatic carbocycles. The van der Waals surface area contributed by atoms with Gasteiger partial charge in [-0.15, -0.1) is 0 Å². The number of hydrogen-bond donors (Lipinski definition) is 2. The molecule has 0 atom stereocenters. The van der Waals surface area contributed by atoms with E-state index in [1.165, 1.54) is 25.9 Å². The molecular formula is C17H27N3O. The molecule has 1 aliphatic heterocycles. The molecule has 0 radical (unpaired) electrons. The van der Waals surface area contributed by atoms with E-state index in [0.29, 0.717) is 12.6 Å². The monoisotopic (exact) mass is 289 g/mol. The van der Waals surface area contributed by atoms with Crippen LogP contribution in [0, 0.1) is 6.92 Å². The number of likely N-dealkylation sites (tertiary alicyclic amines) is 1. The zero-order valence-corrected chi connectivity index (χ0v) is 13.4. The molecule has 4 nitrogen and oxygen atoms in total. The number of rotatable bonds is 5. The topological polar surface area (TPSA) is 44.4 Å². The van der Waals surface area contributed by atoms with Crippen molar-refractivity contribution in [3.63, 3.8) is 0 Å². The summed E-state index contributed by atoms with van der Waals surface area (Å²) in [4.78, 5) is 14.3. The van der Waals surface area contributed by atoms with Crippen LogP contribution in [0.1, 0.15) is 42.6 Å². The fourth-order valence-corrected chi connectivity index (χ4v) is 2.84. The zero-order chi connectivity index (χ0) is 15.2. The molecule has 1 saturated heterocycles. The van der Waals surface area contributed by atoms with Crippen molar-refractivity contribution in [2.24, 2.45) is 0 Å². The summed E-state index contributed by atoms with van der Waals surface area (Å²) in [5, 5.41) is 6.47. The smallest absolute Gasteiger partial charge is 0.251 e. The minimum absolute atomic E-state index is 0.00315. The molecule has 1 fully saturated rings. The van der Waals surface area contributed by atoms with Crippen LogP contribution in [0.15, 0.2) is 18.2 Å². The summed E-state index contributed by atoms with van der Waals surface area (Å²) < 4.78 is 0. The van der Waals surface area contributed by atoms with Crippen LogP contribution in [0.4, 0.5) is 5.69 Å². The Hall–Kier alpha value is -1.55. The van der Waals surface area contributed by atoms with E-state index in [9.17, 15) is 4.79 Å². The Morgan fingerprint density at radius 1 is 1.29 bits per heavy atom. The number of nitrogens with zero attached hydrogens (tertiary/aromatic N) is 1. The second kappa shape index (κ2) is 7.46. The highest BCUT2D eigenvalue weighted by atomic mass is 16.1. The number of hydrogen-bond acceptors (Lipinski definition) is 3. The van der Waals surface area contributed by atoms with E-state index in [1.54, 1.807) is 0 Å². The summed E-state index contributed by atoms with van der Waals surface area (Å²) in [6.07, 6.45) is 2.37. The Balaban J connectivity index is 1.97. The van der Waals surface area contributed by atoms with Crippen molar-refractivity contribution >= 4 is 11.6 Å². The maximum atomic E-state index is 11.8. The van der Waals surface area contributed by atoms with Crippen molar-refractivity contribution in [2.45, 2.75) is 39.7 Å². The van der Waals surface area contributed by atoms with Gasteiger partial charge in [0.2, 0.25) is 0 Å². The van der Waals surface area contributed by atoms with Crippen molar-refractivity contribution in [1.29, 1.82) is 0 Å². The van der Waals surface area contributed by atoms with Crippen LogP contribution < -0.4 is 10.6 Å². The molecule has 0 unspecified atom stereocenters. The number of aryl methyl sites for hydroxylation is 1. The second-order valence-electron chi connectivity index (χ2n) is 5.74. The summed E-state index contributed by atoms with van der Waals surface area (Å²) in [7, 11) is 0. The number of amides is 1. The van der Waals surface area contributed by atoms with Crippen LogP contribution in [0.3, 0.4) is 0 Å². The molecular weight excluding hydrogens is 262 g/mol. The minimum atomic E-state index is 0.00315. The van der Waals surface area contributed by atoms with E-state index >= 15 is 0 Å². The molecule has 1 aromatic rings. The van der Waals surface area contributed by atoms with Crippen molar-refractivity contribution in [2.75, 3.05) is 31.5 Å². The number of piperidine rings is 1. The van der Waals surface area contributed by atoms with Crippen LogP contribution in [-0.4, -0.2) is 43.0 Å². The number of carbonyl (C=O) groups is 1. The van der Waals surface area contributed by atoms with E-state index in [1.807, 2.05) is 25.1 Å². The first-order chi connectivity index (χ1) is 10.1. The average molecular weight is 289 g/mol. The van der Waals surface area contributed by atoms with Crippen molar-refractivity contribution in [3.8, 4) is 0 Å². The summed E-state index contributed by atoms with van der Waals surface area (Å²) in [5.41, 5.74) is 3.02. The lowest BCUT2D eigenvalue weighted by atomic mass is 10.0. The molecule has 1 amide bonds. The maximum absolute atomic E-state index is 11.8. The number of carbonyl (C=O) groups excluding carboxylic acids is 1. The largest absolute Gasteiger partial charge is 0.382 e. The van der Waals surface area contributed by atoms with Crippen molar-refractivity contribution in [3.05, 3.63) is 29.3 Å². The SMILES string of the molecule is CCNC(=O)c1ccc(NC2CCN(CC)CC2)c(C)c1. The number of nitrogens with one attached hydrogen (secondary N) is 2. The standard InChI is InChI=1S/C17H27N3O/c1-4-18-17(21)14-6-7-16(13(3)12-14)19-15-8-10-20(5-2)11-9-15/h6-7,12,15,19H,4-5,8-11H2,1-3H3,(H,18,21). The minimum Gasteiger partial charge on any atom is -0.382 e. The molecule has 2 N–H and O–H groups in total. The fourth-order valence-electron chi connectivity index (χ4n) is 2.84. The molecule has 2 rings (SSSR count). The van der Waals surface area contributed by atoms with Gasteiger partial charge >= 0.3 is 0 Å². The van der Waals surface area contributed by atoms with Gasteiger partial charge in [0.25, 0.3) is 5.91 Å². The van der Waals surface area contributed by atoms with E-state index in [0.717, 1.165) is 23.4 Å². The van der Waals surface area contributed by atoms with Crippen LogP contribution in [0.25, 0.3) is 0 Å². The van der Waals surface area contributed by atoms with Gasteiger partial charge in [0.05, 0.1) is 0 Å². The average Bonchev–Trinajstić information content (AvgIpc) is 2.50. The maximum Gasteiger partial charge on any atom is 0.251 e. The predicted molar refractivity (Wildman–Crippen MR) is 87.9 cm³/mol. The first-order valence-electron chi connectivity index (χ1n) is 8.01. The van der Waals surface area contributed by atoms with Crippen LogP contribution >= 0.6 is 0 Å². The van der Waals surface area contributed by atoms with Gasteiger partial charge in [-0.3, -0.25) is 4.79 Å².